The lowest BCUT2D eigenvalue weighted by atomic mass is 10.1. The highest BCUT2D eigenvalue weighted by molar-refractivity contribution is 5.87. The van der Waals surface area contributed by atoms with Gasteiger partial charge in [0.25, 0.3) is 0 Å². The Hall–Kier alpha value is -0.830. The van der Waals surface area contributed by atoms with Crippen LogP contribution < -0.4 is 5.32 Å². The number of allylic oxidation sites excluding steroid dienone is 1. The van der Waals surface area contributed by atoms with E-state index in [1.807, 2.05) is 0 Å². The Bertz CT molecular complexity index is 269. The average Bonchev–Trinajstić information content (AvgIpc) is 2.86. The fourth-order valence-electron chi connectivity index (χ4n) is 2.24. The van der Waals surface area contributed by atoms with Crippen molar-refractivity contribution in [2.75, 3.05) is 19.8 Å². The Morgan fingerprint density at radius 3 is 3.06 bits per heavy atom. The number of rotatable bonds is 5. The van der Waals surface area contributed by atoms with Gasteiger partial charge >= 0.3 is 0 Å². The molecule has 1 aliphatic carbocycles. The van der Waals surface area contributed by atoms with Crippen LogP contribution in [-0.4, -0.2) is 25.7 Å². The summed E-state index contributed by atoms with van der Waals surface area (Å²) in [5, 5.41) is 2.93. The fourth-order valence-corrected chi connectivity index (χ4v) is 2.24. The molecule has 2 aliphatic rings. The predicted molar refractivity (Wildman–Crippen MR) is 63.0 cm³/mol. The average molecular weight is 223 g/mol. The maximum absolute atomic E-state index is 11.5. The zero-order chi connectivity index (χ0) is 11.4. The summed E-state index contributed by atoms with van der Waals surface area (Å²) in [6.45, 7) is 4.60. The Morgan fingerprint density at radius 2 is 2.44 bits per heavy atom. The molecule has 2 rings (SSSR count). The quantitative estimate of drug-likeness (QED) is 0.721. The van der Waals surface area contributed by atoms with Gasteiger partial charge in [-0.25, -0.2) is 0 Å². The van der Waals surface area contributed by atoms with Gasteiger partial charge in [0, 0.05) is 19.1 Å². The summed E-state index contributed by atoms with van der Waals surface area (Å²) in [5.41, 5.74) is 0. The number of nitrogens with one attached hydrogen (secondary N) is 1. The molecule has 90 valence electrons. The zero-order valence-corrected chi connectivity index (χ0v) is 9.95. The van der Waals surface area contributed by atoms with Crippen molar-refractivity contribution in [3.63, 3.8) is 0 Å². The summed E-state index contributed by atoms with van der Waals surface area (Å²) in [6, 6.07) is 0. The molecule has 0 aromatic carbocycles. The first kappa shape index (κ1) is 11.6. The number of ether oxygens (including phenoxy) is 1. The van der Waals surface area contributed by atoms with Gasteiger partial charge in [0.05, 0.1) is 6.61 Å². The lowest BCUT2D eigenvalue weighted by molar-refractivity contribution is -0.116. The molecule has 1 amide bonds. The van der Waals surface area contributed by atoms with Crippen molar-refractivity contribution >= 4 is 5.91 Å². The minimum atomic E-state index is 0.0497. The first-order chi connectivity index (χ1) is 7.79. The maximum Gasteiger partial charge on any atom is 0.243 e. The van der Waals surface area contributed by atoms with Gasteiger partial charge in [-0.15, -0.1) is 0 Å². The molecule has 3 heteroatoms. The van der Waals surface area contributed by atoms with Crippen molar-refractivity contribution in [3.8, 4) is 0 Å². The molecule has 0 aromatic rings. The third-order valence-corrected chi connectivity index (χ3v) is 3.59. The third kappa shape index (κ3) is 3.34. The van der Waals surface area contributed by atoms with Gasteiger partial charge < -0.3 is 10.1 Å². The Kier molecular flexibility index (Phi) is 3.99. The molecule has 3 unspecified atom stereocenters. The number of hydrogen-bond acceptors (Lipinski definition) is 2. The molecule has 1 saturated carbocycles. The van der Waals surface area contributed by atoms with Crippen LogP contribution in [0.1, 0.15) is 26.2 Å². The van der Waals surface area contributed by atoms with Crippen LogP contribution in [0.4, 0.5) is 0 Å². The van der Waals surface area contributed by atoms with E-state index in [0.717, 1.165) is 32.1 Å². The minimum Gasteiger partial charge on any atom is -0.381 e. The molecule has 1 saturated heterocycles. The summed E-state index contributed by atoms with van der Waals surface area (Å²) in [4.78, 5) is 11.5. The molecular formula is C13H21NO2. The van der Waals surface area contributed by atoms with Crippen LogP contribution in [0.3, 0.4) is 0 Å². The highest BCUT2D eigenvalue weighted by Crippen LogP contribution is 2.41. The molecule has 1 heterocycles. The molecule has 0 aromatic heterocycles. The van der Waals surface area contributed by atoms with Crippen LogP contribution in [0, 0.1) is 17.8 Å². The van der Waals surface area contributed by atoms with Crippen molar-refractivity contribution in [3.05, 3.63) is 12.2 Å². The van der Waals surface area contributed by atoms with Crippen molar-refractivity contribution in [1.29, 1.82) is 0 Å². The number of carbonyl (C=O) groups excluding carboxylic acids is 1. The van der Waals surface area contributed by atoms with Crippen molar-refractivity contribution < 1.29 is 9.53 Å². The smallest absolute Gasteiger partial charge is 0.243 e. The molecule has 0 radical (unpaired) electrons. The van der Waals surface area contributed by atoms with Crippen LogP contribution in [-0.2, 0) is 9.53 Å². The van der Waals surface area contributed by atoms with E-state index < -0.39 is 0 Å². The molecular weight excluding hydrogens is 202 g/mol. The highest BCUT2D eigenvalue weighted by atomic mass is 16.5. The van der Waals surface area contributed by atoms with Crippen LogP contribution in [0.25, 0.3) is 0 Å². The molecule has 0 bridgehead atoms. The van der Waals surface area contributed by atoms with E-state index in [0.29, 0.717) is 11.8 Å². The Labute approximate surface area is 97.2 Å². The van der Waals surface area contributed by atoms with Gasteiger partial charge in [-0.2, -0.15) is 0 Å². The molecule has 1 aliphatic heterocycles. The monoisotopic (exact) mass is 223 g/mol. The van der Waals surface area contributed by atoms with E-state index in [1.165, 1.54) is 12.8 Å². The van der Waals surface area contributed by atoms with Gasteiger partial charge in [-0.3, -0.25) is 4.79 Å². The van der Waals surface area contributed by atoms with Gasteiger partial charge in [-0.1, -0.05) is 19.4 Å². The van der Waals surface area contributed by atoms with Crippen LogP contribution >= 0.6 is 0 Å². The van der Waals surface area contributed by atoms with Crippen molar-refractivity contribution in [1.82, 2.24) is 5.32 Å². The van der Waals surface area contributed by atoms with E-state index in [4.69, 9.17) is 4.74 Å². The van der Waals surface area contributed by atoms with Crippen LogP contribution in [0.15, 0.2) is 12.2 Å². The van der Waals surface area contributed by atoms with E-state index in [2.05, 4.69) is 18.3 Å². The van der Waals surface area contributed by atoms with E-state index in [9.17, 15) is 4.79 Å². The molecule has 3 atom stereocenters. The van der Waals surface area contributed by atoms with Gasteiger partial charge in [0.1, 0.15) is 0 Å². The second-order valence-electron chi connectivity index (χ2n) is 4.90. The van der Waals surface area contributed by atoms with Crippen molar-refractivity contribution in [2.45, 2.75) is 26.2 Å². The number of amides is 1. The summed E-state index contributed by atoms with van der Waals surface area (Å²) in [6.07, 6.45) is 7.34. The molecule has 2 fully saturated rings. The zero-order valence-electron chi connectivity index (χ0n) is 9.95. The van der Waals surface area contributed by atoms with E-state index in [-0.39, 0.29) is 5.91 Å². The fraction of sp³-hybridized carbons (Fsp3) is 0.769. The van der Waals surface area contributed by atoms with Crippen LogP contribution in [0.2, 0.25) is 0 Å². The summed E-state index contributed by atoms with van der Waals surface area (Å²) in [5.74, 6) is 2.05. The Morgan fingerprint density at radius 1 is 1.56 bits per heavy atom. The summed E-state index contributed by atoms with van der Waals surface area (Å²) in [7, 11) is 0. The topological polar surface area (TPSA) is 38.3 Å². The van der Waals surface area contributed by atoms with Crippen molar-refractivity contribution in [2.24, 2.45) is 17.8 Å². The predicted octanol–water partition coefficient (Wildman–Crippen LogP) is 1.74. The van der Waals surface area contributed by atoms with E-state index in [1.54, 1.807) is 6.08 Å². The van der Waals surface area contributed by atoms with E-state index >= 15 is 0 Å². The standard InChI is InChI=1S/C13H21NO2/c1-2-11-7-12(11)3-4-13(15)14-8-10-5-6-16-9-10/h3-4,10-12H,2,5-9H2,1H3,(H,14,15). The molecule has 1 N–H and O–H groups in total. The second-order valence-corrected chi connectivity index (χ2v) is 4.90. The minimum absolute atomic E-state index is 0.0497. The highest BCUT2D eigenvalue weighted by Gasteiger charge is 2.32. The molecule has 0 spiro atoms. The number of carbonyl (C=O) groups is 1. The third-order valence-electron chi connectivity index (χ3n) is 3.59. The Balaban J connectivity index is 1.60. The van der Waals surface area contributed by atoms with Crippen LogP contribution in [0.5, 0.6) is 0 Å². The second kappa shape index (κ2) is 5.48. The molecule has 16 heavy (non-hydrogen) atoms. The summed E-state index contributed by atoms with van der Waals surface area (Å²) < 4.78 is 5.26. The molecule has 3 nitrogen and oxygen atoms in total. The largest absolute Gasteiger partial charge is 0.381 e. The normalized spacial score (nSPS) is 33.2. The van der Waals surface area contributed by atoms with Gasteiger partial charge in [0.15, 0.2) is 0 Å². The first-order valence-corrected chi connectivity index (χ1v) is 6.33. The summed E-state index contributed by atoms with van der Waals surface area (Å²) >= 11 is 0. The lowest BCUT2D eigenvalue weighted by Crippen LogP contribution is -2.27. The van der Waals surface area contributed by atoms with Gasteiger partial charge in [0.2, 0.25) is 5.91 Å². The number of hydrogen-bond donors (Lipinski definition) is 1. The lowest BCUT2D eigenvalue weighted by Gasteiger charge is -2.06. The maximum atomic E-state index is 11.5. The van der Waals surface area contributed by atoms with Gasteiger partial charge in [-0.05, 0) is 30.8 Å². The first-order valence-electron chi connectivity index (χ1n) is 6.33. The SMILES string of the molecule is CCC1CC1C=CC(=O)NCC1CCOC1.